The summed E-state index contributed by atoms with van der Waals surface area (Å²) in [6.45, 7) is 19.0. The average molecular weight is 577 g/mol. The molecule has 0 aromatic rings. The van der Waals surface area contributed by atoms with Crippen molar-refractivity contribution in [3.8, 4) is 0 Å². The number of carbonyl (C=O) groups excluding carboxylic acids is 4. The van der Waals surface area contributed by atoms with Crippen molar-refractivity contribution in [1.82, 2.24) is 10.6 Å². The summed E-state index contributed by atoms with van der Waals surface area (Å²) in [4.78, 5) is 49.7. The lowest BCUT2D eigenvalue weighted by Crippen LogP contribution is -2.56. The van der Waals surface area contributed by atoms with Crippen LogP contribution in [-0.4, -0.2) is 81.8 Å². The molecule has 2 atom stereocenters. The summed E-state index contributed by atoms with van der Waals surface area (Å²) < 4.78 is 22.3. The first-order valence-electron chi connectivity index (χ1n) is 13.1. The molecule has 0 aromatic heterocycles. The van der Waals surface area contributed by atoms with Crippen LogP contribution in [0, 0.1) is 5.41 Å². The molecule has 0 aromatic carbocycles. The predicted octanol–water partition coefficient (Wildman–Crippen LogP) is 3.39. The molecule has 1 aliphatic heterocycles. The lowest BCUT2D eigenvalue weighted by Gasteiger charge is -2.44. The zero-order valence-electron chi connectivity index (χ0n) is 24.8. The number of amides is 2. The number of carbonyl (C=O) groups is 4. The van der Waals surface area contributed by atoms with Crippen molar-refractivity contribution in [2.24, 2.45) is 5.41 Å². The summed E-state index contributed by atoms with van der Waals surface area (Å²) in [7, 11) is -0.633. The maximum Gasteiger partial charge on any atom is 0.329 e. The monoisotopic (exact) mass is 576 g/mol. The normalized spacial score (nSPS) is 19.8. The van der Waals surface area contributed by atoms with E-state index < -0.39 is 43.5 Å². The first-order valence-corrected chi connectivity index (χ1v) is 17.0. The van der Waals surface area contributed by atoms with Crippen molar-refractivity contribution in [3.63, 3.8) is 0 Å². The number of methoxy groups -OCH3 is 1. The molecule has 1 rings (SSSR count). The maximum atomic E-state index is 12.7. The smallest absolute Gasteiger partial charge is 0.329 e. The summed E-state index contributed by atoms with van der Waals surface area (Å²) in [6, 6.07) is -0.973. The van der Waals surface area contributed by atoms with E-state index in [1.54, 1.807) is 13.8 Å². The minimum absolute atomic E-state index is 0.0460. The largest absolute Gasteiger partial charge is 0.467 e. The van der Waals surface area contributed by atoms with Gasteiger partial charge in [0, 0.05) is 37.2 Å². The van der Waals surface area contributed by atoms with E-state index in [2.05, 4.69) is 44.5 Å². The van der Waals surface area contributed by atoms with Crippen molar-refractivity contribution in [2.75, 3.05) is 32.6 Å². The fourth-order valence-electron chi connectivity index (χ4n) is 3.30. The van der Waals surface area contributed by atoms with E-state index >= 15 is 0 Å². The van der Waals surface area contributed by atoms with Gasteiger partial charge < -0.3 is 29.3 Å². The molecule has 2 N–H and O–H groups in total. The van der Waals surface area contributed by atoms with E-state index in [0.717, 1.165) is 11.8 Å². The molecule has 0 saturated carbocycles. The van der Waals surface area contributed by atoms with Crippen molar-refractivity contribution < 1.29 is 37.8 Å². The Balaban J connectivity index is 2.47. The van der Waals surface area contributed by atoms with Gasteiger partial charge in [-0.3, -0.25) is 14.4 Å². The van der Waals surface area contributed by atoms with E-state index in [4.69, 9.17) is 18.6 Å². The maximum absolute atomic E-state index is 12.7. The SMILES string of the molecule is COC(=O)[C@H](CSC(=O)CCCO[Si](C)(C)C(C)(C)C)NC(=O)CCNC(=O)[C@@H]1OC(C)(C)OCC1(C)C. The van der Waals surface area contributed by atoms with Gasteiger partial charge in [-0.25, -0.2) is 4.79 Å². The van der Waals surface area contributed by atoms with Gasteiger partial charge in [-0.05, 0) is 38.4 Å². The van der Waals surface area contributed by atoms with Gasteiger partial charge >= 0.3 is 5.97 Å². The first-order chi connectivity index (χ1) is 17.3. The van der Waals surface area contributed by atoms with Crippen molar-refractivity contribution in [3.05, 3.63) is 0 Å². The van der Waals surface area contributed by atoms with Gasteiger partial charge in [-0.2, -0.15) is 0 Å². The van der Waals surface area contributed by atoms with Crippen LogP contribution in [0.2, 0.25) is 18.1 Å². The predicted molar refractivity (Wildman–Crippen MR) is 150 cm³/mol. The van der Waals surface area contributed by atoms with Crippen LogP contribution in [-0.2, 0) is 37.8 Å². The van der Waals surface area contributed by atoms with Crippen LogP contribution in [0.15, 0.2) is 0 Å². The van der Waals surface area contributed by atoms with Gasteiger partial charge in [-0.15, -0.1) is 0 Å². The first kappa shape index (κ1) is 34.6. The molecule has 1 fully saturated rings. The minimum Gasteiger partial charge on any atom is -0.467 e. The fourth-order valence-corrected chi connectivity index (χ4v) is 5.25. The van der Waals surface area contributed by atoms with E-state index in [1.807, 2.05) is 13.8 Å². The highest BCUT2D eigenvalue weighted by atomic mass is 32.2. The van der Waals surface area contributed by atoms with E-state index in [9.17, 15) is 19.2 Å². The molecule has 220 valence electrons. The second-order valence-corrected chi connectivity index (χ2v) is 18.1. The summed E-state index contributed by atoms with van der Waals surface area (Å²) in [6.07, 6.45) is 0.134. The molecule has 1 heterocycles. The third kappa shape index (κ3) is 11.3. The van der Waals surface area contributed by atoms with E-state index in [-0.39, 0.29) is 34.8 Å². The van der Waals surface area contributed by atoms with Crippen LogP contribution in [0.25, 0.3) is 0 Å². The molecule has 38 heavy (non-hydrogen) atoms. The fraction of sp³-hybridized carbons (Fsp3) is 0.846. The second-order valence-electron chi connectivity index (χ2n) is 12.3. The van der Waals surface area contributed by atoms with E-state index in [1.165, 1.54) is 7.11 Å². The van der Waals surface area contributed by atoms with Crippen molar-refractivity contribution in [2.45, 2.75) is 104 Å². The third-order valence-electron chi connectivity index (χ3n) is 6.82. The Hall–Kier alpha value is -1.47. The van der Waals surface area contributed by atoms with Crippen LogP contribution in [0.4, 0.5) is 0 Å². The number of nitrogens with one attached hydrogen (secondary N) is 2. The molecular formula is C26H48N2O8SSi. The Morgan fingerprint density at radius 1 is 1.11 bits per heavy atom. The molecule has 2 amide bonds. The Labute approximate surface area is 233 Å². The topological polar surface area (TPSA) is 129 Å². The van der Waals surface area contributed by atoms with Gasteiger partial charge in [0.05, 0.1) is 13.7 Å². The molecule has 12 heteroatoms. The minimum atomic E-state index is -1.86. The number of hydrogen-bond acceptors (Lipinski definition) is 9. The zero-order valence-corrected chi connectivity index (χ0v) is 26.6. The van der Waals surface area contributed by atoms with Gasteiger partial charge in [0.15, 0.2) is 19.2 Å². The van der Waals surface area contributed by atoms with Crippen LogP contribution >= 0.6 is 11.8 Å². The van der Waals surface area contributed by atoms with Crippen LogP contribution in [0.3, 0.4) is 0 Å². The van der Waals surface area contributed by atoms with Gasteiger partial charge in [0.2, 0.25) is 11.8 Å². The van der Waals surface area contributed by atoms with Crippen LogP contribution < -0.4 is 10.6 Å². The summed E-state index contributed by atoms with van der Waals surface area (Å²) >= 11 is 0.984. The molecule has 1 aliphatic rings. The van der Waals surface area contributed by atoms with E-state index in [0.29, 0.717) is 26.1 Å². The van der Waals surface area contributed by atoms with Gasteiger partial charge in [0.25, 0.3) is 0 Å². The average Bonchev–Trinajstić information content (AvgIpc) is 2.79. The Kier molecular flexibility index (Phi) is 13.0. The number of esters is 1. The van der Waals surface area contributed by atoms with Crippen molar-refractivity contribution in [1.29, 1.82) is 0 Å². The standard InChI is InChI=1S/C26H48N2O8SSi/c1-24(2,3)38(9,10)35-15-11-12-20(30)37-16-18(23(32)33-8)28-19(29)13-14-27-22(31)21-25(4,5)17-34-26(6,7)36-21/h18,21H,11-17H2,1-10H3,(H,27,31)(H,28,29)/t18-,21-/m0/s1. The molecule has 0 spiro atoms. The second kappa shape index (κ2) is 14.2. The van der Waals surface area contributed by atoms with Crippen molar-refractivity contribution >= 4 is 43.0 Å². The number of rotatable bonds is 13. The summed E-state index contributed by atoms with van der Waals surface area (Å²) in [5.74, 6) is -2.23. The van der Waals surface area contributed by atoms with Crippen LogP contribution in [0.1, 0.15) is 67.7 Å². The Bertz CT molecular complexity index is 842. The molecule has 0 bridgehead atoms. The highest BCUT2D eigenvalue weighted by Crippen LogP contribution is 2.37. The number of ether oxygens (including phenoxy) is 3. The molecule has 0 aliphatic carbocycles. The Morgan fingerprint density at radius 2 is 1.74 bits per heavy atom. The highest BCUT2D eigenvalue weighted by molar-refractivity contribution is 8.13. The van der Waals surface area contributed by atoms with Gasteiger partial charge in [0.1, 0.15) is 12.1 Å². The zero-order chi connectivity index (χ0) is 29.4. The van der Waals surface area contributed by atoms with Crippen LogP contribution in [0.5, 0.6) is 0 Å². The molecule has 0 radical (unpaired) electrons. The molecule has 0 unspecified atom stereocenters. The molecular weight excluding hydrogens is 528 g/mol. The molecule has 1 saturated heterocycles. The summed E-state index contributed by atoms with van der Waals surface area (Å²) in [5, 5.41) is 5.35. The quantitative estimate of drug-likeness (QED) is 0.193. The number of thioether (sulfide) groups is 1. The summed E-state index contributed by atoms with van der Waals surface area (Å²) in [5.41, 5.74) is -0.529. The lowest BCUT2D eigenvalue weighted by atomic mass is 9.85. The lowest BCUT2D eigenvalue weighted by molar-refractivity contribution is -0.304. The highest BCUT2D eigenvalue weighted by Gasteiger charge is 2.45. The molecule has 10 nitrogen and oxygen atoms in total. The van der Waals surface area contributed by atoms with Gasteiger partial charge in [-0.1, -0.05) is 46.4 Å². The third-order valence-corrected chi connectivity index (χ3v) is 12.4. The Morgan fingerprint density at radius 3 is 2.32 bits per heavy atom. The number of hydrogen-bond donors (Lipinski definition) is 2.